The Labute approximate surface area is 204 Å². The van der Waals surface area contributed by atoms with Crippen LogP contribution in [0.25, 0.3) is 5.78 Å². The van der Waals surface area contributed by atoms with Crippen LogP contribution in [-0.2, 0) is 24.1 Å². The molecule has 4 N–H and O–H groups in total. The van der Waals surface area contributed by atoms with Crippen LogP contribution in [0.1, 0.15) is 60.4 Å². The van der Waals surface area contributed by atoms with Crippen LogP contribution in [0.15, 0.2) is 18.2 Å². The molecule has 4 aliphatic rings. The maximum absolute atomic E-state index is 13.4. The molecule has 3 saturated carbocycles. The van der Waals surface area contributed by atoms with Gasteiger partial charge in [0.05, 0.1) is 35.8 Å². The number of rotatable bonds is 5. The van der Waals surface area contributed by atoms with E-state index in [2.05, 4.69) is 20.5 Å². The summed E-state index contributed by atoms with van der Waals surface area (Å²) in [5, 5.41) is 21.1. The summed E-state index contributed by atoms with van der Waals surface area (Å²) < 4.78 is 41.8. The topological polar surface area (TPSA) is 122 Å². The van der Waals surface area contributed by atoms with Crippen LogP contribution in [0.3, 0.4) is 0 Å². The number of nitrogens with two attached hydrogens (primary N) is 1. The van der Waals surface area contributed by atoms with Crippen LogP contribution in [0.2, 0.25) is 0 Å². The first kappa shape index (κ1) is 23.0. The molecule has 3 heterocycles. The molecule has 0 spiro atoms. The Morgan fingerprint density at radius 3 is 2.61 bits per heavy atom. The average molecular weight is 502 g/mol. The van der Waals surface area contributed by atoms with Crippen molar-refractivity contribution in [3.63, 3.8) is 0 Å². The predicted molar refractivity (Wildman–Crippen MR) is 123 cm³/mol. The van der Waals surface area contributed by atoms with Gasteiger partial charge >= 0.3 is 6.18 Å². The number of alkyl halides is 3. The molecule has 1 atom stereocenters. The predicted octanol–water partition coefficient (Wildman–Crippen LogP) is 3.21. The van der Waals surface area contributed by atoms with Gasteiger partial charge in [-0.2, -0.15) is 18.2 Å². The molecule has 2 bridgehead atoms. The van der Waals surface area contributed by atoms with Crippen LogP contribution in [-0.4, -0.2) is 42.1 Å². The van der Waals surface area contributed by atoms with Crippen molar-refractivity contribution in [2.75, 3.05) is 17.7 Å². The number of fused-ring (bicyclic) bond motifs is 3. The molecule has 1 aromatic carbocycles. The second-order valence-electron chi connectivity index (χ2n) is 10.7. The number of nitrogens with zero attached hydrogens (tertiary/aromatic N) is 5. The first-order chi connectivity index (χ1) is 16.9. The minimum Gasteiger partial charge on any atom is -0.399 e. The molecule has 9 nitrogen and oxygen atoms in total. The van der Waals surface area contributed by atoms with E-state index in [1.54, 1.807) is 18.7 Å². The Balaban J connectivity index is 1.32. The zero-order chi connectivity index (χ0) is 25.6. The second-order valence-corrected chi connectivity index (χ2v) is 10.7. The number of carbonyl (C=O) groups is 1. The summed E-state index contributed by atoms with van der Waals surface area (Å²) in [4.78, 5) is 19.8. The third kappa shape index (κ3) is 3.26. The quantitative estimate of drug-likeness (QED) is 0.459. The highest BCUT2D eigenvalue weighted by Gasteiger charge is 2.71. The van der Waals surface area contributed by atoms with Gasteiger partial charge in [-0.3, -0.25) is 9.20 Å². The van der Waals surface area contributed by atoms with Gasteiger partial charge in [-0.05, 0) is 62.3 Å². The maximum Gasteiger partial charge on any atom is 0.416 e. The number of aromatic nitrogens is 4. The molecular weight excluding hydrogens is 475 g/mol. The highest BCUT2D eigenvalue weighted by molar-refractivity contribution is 5.87. The molecule has 3 fully saturated rings. The van der Waals surface area contributed by atoms with E-state index >= 15 is 0 Å². The number of hydrogen-bond donors (Lipinski definition) is 3. The number of halogens is 3. The molecule has 0 radical (unpaired) electrons. The second kappa shape index (κ2) is 7.31. The number of aliphatic hydroxyl groups is 1. The lowest BCUT2D eigenvalue weighted by molar-refractivity contribution is -0.228. The van der Waals surface area contributed by atoms with Crippen molar-refractivity contribution in [2.24, 2.45) is 10.8 Å². The molecule has 2 aromatic heterocycles. The Morgan fingerprint density at radius 2 is 1.94 bits per heavy atom. The Hall–Kier alpha value is -3.41. The van der Waals surface area contributed by atoms with Crippen LogP contribution < -0.4 is 11.1 Å². The van der Waals surface area contributed by atoms with Crippen molar-refractivity contribution in [3.8, 4) is 0 Å². The van der Waals surface area contributed by atoms with E-state index in [1.165, 1.54) is 6.07 Å². The lowest BCUT2D eigenvalue weighted by atomic mass is 9.35. The van der Waals surface area contributed by atoms with E-state index in [0.717, 1.165) is 23.4 Å². The summed E-state index contributed by atoms with van der Waals surface area (Å²) in [6, 6.07) is 2.93. The molecule has 1 amide bonds. The average Bonchev–Trinajstić information content (AvgIpc) is 3.35. The largest absolute Gasteiger partial charge is 0.416 e. The smallest absolute Gasteiger partial charge is 0.399 e. The van der Waals surface area contributed by atoms with Crippen molar-refractivity contribution < 1.29 is 23.1 Å². The van der Waals surface area contributed by atoms with Crippen LogP contribution in [0, 0.1) is 17.8 Å². The van der Waals surface area contributed by atoms with E-state index in [9.17, 15) is 23.1 Å². The van der Waals surface area contributed by atoms with Crippen molar-refractivity contribution >= 4 is 23.2 Å². The minimum atomic E-state index is -4.52. The van der Waals surface area contributed by atoms with E-state index in [4.69, 9.17) is 5.73 Å². The van der Waals surface area contributed by atoms with Crippen LogP contribution in [0.5, 0.6) is 0 Å². The molecular formula is C24H26F3N7O2. The number of hydrogen-bond acceptors (Lipinski definition) is 7. The fourth-order valence-corrected chi connectivity index (χ4v) is 6.31. The zero-order valence-corrected chi connectivity index (χ0v) is 19.9. The summed E-state index contributed by atoms with van der Waals surface area (Å²) >= 11 is 0. The number of carbonyl (C=O) groups excluding carboxylic acids is 1. The zero-order valence-electron chi connectivity index (χ0n) is 19.9. The number of aryl methyl sites for hydroxylation is 1. The molecule has 3 aliphatic carbocycles. The summed E-state index contributed by atoms with van der Waals surface area (Å²) in [6.45, 7) is 4.33. The number of benzene rings is 1. The van der Waals surface area contributed by atoms with Gasteiger partial charge in [0.2, 0.25) is 5.91 Å². The molecule has 1 unspecified atom stereocenters. The fraction of sp³-hybridized carbons (Fsp3) is 0.500. The lowest BCUT2D eigenvalue weighted by Crippen LogP contribution is -2.69. The maximum atomic E-state index is 13.4. The Morgan fingerprint density at radius 1 is 1.22 bits per heavy atom. The Kier molecular flexibility index (Phi) is 4.67. The number of nitrogen functional groups attached to an aromatic ring is 1. The summed E-state index contributed by atoms with van der Waals surface area (Å²) in [6.07, 6.45) is -2.39. The van der Waals surface area contributed by atoms with E-state index < -0.39 is 23.2 Å². The first-order valence-corrected chi connectivity index (χ1v) is 11.8. The van der Waals surface area contributed by atoms with Gasteiger partial charge in [0.25, 0.3) is 5.78 Å². The van der Waals surface area contributed by atoms with Gasteiger partial charge in [0.15, 0.2) is 0 Å². The summed E-state index contributed by atoms with van der Waals surface area (Å²) in [7, 11) is 0. The van der Waals surface area contributed by atoms with Gasteiger partial charge in [-0.25, -0.2) is 0 Å². The number of aliphatic hydroxyl groups excluding tert-OH is 1. The highest BCUT2D eigenvalue weighted by atomic mass is 19.4. The molecule has 12 heteroatoms. The van der Waals surface area contributed by atoms with Gasteiger partial charge in [0.1, 0.15) is 11.6 Å². The van der Waals surface area contributed by atoms with E-state index in [-0.39, 0.29) is 23.6 Å². The molecule has 1 aliphatic heterocycles. The standard InChI is InChI=1S/C24H26F3N7O2/c1-12(14-3-15(24(25,26)27)5-16(28)4-14)29-19-17-6-33(20(36)23-8-22(9-23,10-23)11-35)7-18(17)34-13(2)31-32-21(34)30-19/h3-5,12,35H,6-11,28H2,1-2H3,(H,29,30,32). The Bertz CT molecular complexity index is 1400. The van der Waals surface area contributed by atoms with Gasteiger partial charge in [-0.1, -0.05) is 0 Å². The minimum absolute atomic E-state index is 0.0196. The summed E-state index contributed by atoms with van der Waals surface area (Å²) in [5.41, 5.74) is 6.47. The molecule has 36 heavy (non-hydrogen) atoms. The third-order valence-electron chi connectivity index (χ3n) is 7.99. The molecule has 190 valence electrons. The molecule has 7 rings (SSSR count). The summed E-state index contributed by atoms with van der Waals surface area (Å²) in [5.74, 6) is 1.51. The SMILES string of the molecule is Cc1nnc2nc(NC(C)c3cc(N)cc(C(F)(F)F)c3)c3c(n12)CN(C(=O)C12CC(CO)(C1)C2)C3. The van der Waals surface area contributed by atoms with E-state index in [1.807, 2.05) is 4.40 Å². The normalized spacial score (nSPS) is 25.3. The van der Waals surface area contributed by atoms with Crippen molar-refractivity contribution in [1.29, 1.82) is 0 Å². The fourth-order valence-electron chi connectivity index (χ4n) is 6.31. The number of nitrogens with one attached hydrogen (secondary N) is 1. The van der Waals surface area contributed by atoms with Crippen LogP contribution >= 0.6 is 0 Å². The van der Waals surface area contributed by atoms with Gasteiger partial charge in [0, 0.05) is 17.9 Å². The van der Waals surface area contributed by atoms with E-state index in [0.29, 0.717) is 55.3 Å². The monoisotopic (exact) mass is 501 g/mol. The van der Waals surface area contributed by atoms with Crippen molar-refractivity contribution in [3.05, 3.63) is 46.4 Å². The third-order valence-corrected chi connectivity index (χ3v) is 7.99. The van der Waals surface area contributed by atoms with Gasteiger partial charge in [-0.15, -0.1) is 10.2 Å². The lowest BCUT2D eigenvalue weighted by Gasteiger charge is -2.69. The number of anilines is 2. The van der Waals surface area contributed by atoms with Gasteiger partial charge < -0.3 is 21.1 Å². The van der Waals surface area contributed by atoms with Crippen LogP contribution in [0.4, 0.5) is 24.7 Å². The highest BCUT2D eigenvalue weighted by Crippen LogP contribution is 2.73. The molecule has 0 saturated heterocycles. The van der Waals surface area contributed by atoms with Crippen molar-refractivity contribution in [2.45, 2.75) is 58.4 Å². The van der Waals surface area contributed by atoms with Crippen molar-refractivity contribution in [1.82, 2.24) is 24.5 Å². The molecule has 3 aromatic rings. The number of amides is 1. The first-order valence-electron chi connectivity index (χ1n) is 11.8.